The Morgan fingerprint density at radius 3 is 1.23 bits per heavy atom. The SMILES string of the molecule is CCCCCCc1cnc(-c2ccc(Cc3c(Oc4ccc(C#N)c(F)c4Cc4ccc(-c5ncc(CCCCCC)cn5)cc4)ccc(C#N)c3F)cc2)nc1. The summed E-state index contributed by atoms with van der Waals surface area (Å²) < 4.78 is 38.1. The molecule has 0 N–H and O–H groups in total. The lowest BCUT2D eigenvalue weighted by atomic mass is 9.98. The van der Waals surface area contributed by atoms with Gasteiger partial charge in [-0.15, -0.1) is 0 Å². The van der Waals surface area contributed by atoms with Gasteiger partial charge < -0.3 is 4.74 Å². The minimum absolute atomic E-state index is 0.103. The molecular formula is C48H46F2N6O. The van der Waals surface area contributed by atoms with Crippen molar-refractivity contribution < 1.29 is 13.5 Å². The van der Waals surface area contributed by atoms with Crippen molar-refractivity contribution in [3.8, 4) is 46.4 Å². The number of benzene rings is 4. The van der Waals surface area contributed by atoms with Crippen LogP contribution in [0.3, 0.4) is 0 Å². The van der Waals surface area contributed by atoms with Crippen molar-refractivity contribution in [1.82, 2.24) is 19.9 Å². The fraction of sp³-hybridized carbons (Fsp3) is 0.292. The van der Waals surface area contributed by atoms with Crippen LogP contribution in [0.1, 0.15) is 110 Å². The molecule has 0 saturated heterocycles. The van der Waals surface area contributed by atoms with E-state index in [9.17, 15) is 10.5 Å². The number of unbranched alkanes of at least 4 members (excludes halogenated alkanes) is 6. The maximum Gasteiger partial charge on any atom is 0.159 e. The van der Waals surface area contributed by atoms with Crippen molar-refractivity contribution in [1.29, 1.82) is 10.5 Å². The van der Waals surface area contributed by atoms with Gasteiger partial charge in [0, 0.05) is 59.9 Å². The van der Waals surface area contributed by atoms with Gasteiger partial charge in [0.1, 0.15) is 35.3 Å². The zero-order valence-corrected chi connectivity index (χ0v) is 32.6. The highest BCUT2D eigenvalue weighted by Gasteiger charge is 2.21. The number of hydrogen-bond acceptors (Lipinski definition) is 7. The van der Waals surface area contributed by atoms with E-state index < -0.39 is 11.6 Å². The first kappa shape index (κ1) is 40.3. The standard InChI is InChI=1S/C48H46F2N6O/c1-3-5-7-9-11-35-29-53-47(54-30-35)37-17-13-33(14-18-37)25-41-43(23-21-39(27-51)45(41)49)57-44-24-22-40(28-52)46(50)42(44)26-34-15-19-38(20-16-34)48-55-31-36(32-56-48)12-10-8-6-4-2/h13-24,29-32H,3-12,25-26H2,1-2H3. The lowest BCUT2D eigenvalue weighted by Gasteiger charge is -2.17. The average Bonchev–Trinajstić information content (AvgIpc) is 3.25. The minimum Gasteiger partial charge on any atom is -0.457 e. The Morgan fingerprint density at radius 1 is 0.491 bits per heavy atom. The molecule has 0 radical (unpaired) electrons. The summed E-state index contributed by atoms with van der Waals surface area (Å²) >= 11 is 0. The first-order valence-electron chi connectivity index (χ1n) is 19.8. The first-order chi connectivity index (χ1) is 27.9. The molecule has 57 heavy (non-hydrogen) atoms. The van der Waals surface area contributed by atoms with Gasteiger partial charge in [-0.25, -0.2) is 28.7 Å². The van der Waals surface area contributed by atoms with Crippen molar-refractivity contribution in [2.75, 3.05) is 0 Å². The first-order valence-corrected chi connectivity index (χ1v) is 19.8. The van der Waals surface area contributed by atoms with Crippen molar-refractivity contribution in [3.63, 3.8) is 0 Å². The van der Waals surface area contributed by atoms with E-state index in [0.717, 1.165) is 59.1 Å². The van der Waals surface area contributed by atoms with Crippen LogP contribution in [-0.4, -0.2) is 19.9 Å². The van der Waals surface area contributed by atoms with E-state index in [1.54, 1.807) is 0 Å². The van der Waals surface area contributed by atoms with E-state index in [1.807, 2.05) is 85.5 Å². The fourth-order valence-corrected chi connectivity index (χ4v) is 6.75. The van der Waals surface area contributed by atoms with E-state index in [2.05, 4.69) is 33.8 Å². The van der Waals surface area contributed by atoms with Gasteiger partial charge in [0.2, 0.25) is 0 Å². The quantitative estimate of drug-likeness (QED) is 0.0802. The van der Waals surface area contributed by atoms with Gasteiger partial charge in [-0.3, -0.25) is 0 Å². The van der Waals surface area contributed by atoms with Gasteiger partial charge in [0.15, 0.2) is 11.6 Å². The number of hydrogen-bond donors (Lipinski definition) is 0. The van der Waals surface area contributed by atoms with Crippen LogP contribution in [-0.2, 0) is 25.7 Å². The van der Waals surface area contributed by atoms with Crippen LogP contribution in [0.4, 0.5) is 8.78 Å². The molecule has 0 aliphatic heterocycles. The van der Waals surface area contributed by atoms with Crippen LogP contribution in [0.5, 0.6) is 11.5 Å². The molecule has 7 nitrogen and oxygen atoms in total. The Bertz CT molecular complexity index is 2160. The molecule has 0 aliphatic carbocycles. The maximum absolute atomic E-state index is 15.9. The van der Waals surface area contributed by atoms with Crippen LogP contribution >= 0.6 is 0 Å². The largest absolute Gasteiger partial charge is 0.457 e. The lowest BCUT2D eigenvalue weighted by molar-refractivity contribution is 0.456. The van der Waals surface area contributed by atoms with Crippen LogP contribution in [0, 0.1) is 34.3 Å². The Hall–Kier alpha value is -6.32. The van der Waals surface area contributed by atoms with Crippen LogP contribution in [0.2, 0.25) is 0 Å². The second kappa shape index (κ2) is 20.0. The molecule has 6 aromatic rings. The van der Waals surface area contributed by atoms with Crippen molar-refractivity contribution in [2.24, 2.45) is 0 Å². The second-order valence-electron chi connectivity index (χ2n) is 14.3. The average molecular weight is 761 g/mol. The van der Waals surface area contributed by atoms with Gasteiger partial charge in [0.25, 0.3) is 0 Å². The summed E-state index contributed by atoms with van der Waals surface area (Å²) in [7, 11) is 0. The number of rotatable bonds is 18. The molecule has 0 amide bonds. The van der Waals surface area contributed by atoms with E-state index in [-0.39, 0.29) is 46.6 Å². The maximum atomic E-state index is 15.9. The molecule has 6 rings (SSSR count). The van der Waals surface area contributed by atoms with Crippen molar-refractivity contribution in [2.45, 2.75) is 90.9 Å². The lowest BCUT2D eigenvalue weighted by Crippen LogP contribution is -2.04. The smallest absolute Gasteiger partial charge is 0.159 e. The monoisotopic (exact) mass is 760 g/mol. The highest BCUT2D eigenvalue weighted by Crippen LogP contribution is 2.36. The molecular weight excluding hydrogens is 715 g/mol. The molecule has 9 heteroatoms. The summed E-state index contributed by atoms with van der Waals surface area (Å²) in [5.41, 5.74) is 5.43. The minimum atomic E-state index is -0.713. The third kappa shape index (κ3) is 10.5. The molecule has 2 heterocycles. The second-order valence-corrected chi connectivity index (χ2v) is 14.3. The summed E-state index contributed by atoms with van der Waals surface area (Å²) in [5, 5.41) is 19.3. The molecule has 2 aromatic heterocycles. The Morgan fingerprint density at radius 2 is 0.877 bits per heavy atom. The highest BCUT2D eigenvalue weighted by atomic mass is 19.1. The molecule has 0 atom stereocenters. The van der Waals surface area contributed by atoms with Crippen LogP contribution in [0.15, 0.2) is 97.6 Å². The molecule has 0 saturated carbocycles. The fourth-order valence-electron chi connectivity index (χ4n) is 6.75. The molecule has 0 fully saturated rings. The number of ether oxygens (including phenoxy) is 1. The van der Waals surface area contributed by atoms with E-state index in [1.165, 1.54) is 62.8 Å². The van der Waals surface area contributed by atoms with Gasteiger partial charge >= 0.3 is 0 Å². The molecule has 0 spiro atoms. The predicted molar refractivity (Wildman–Crippen MR) is 219 cm³/mol. The molecule has 0 unspecified atom stereocenters. The van der Waals surface area contributed by atoms with E-state index in [0.29, 0.717) is 11.6 Å². The number of aryl methyl sites for hydroxylation is 2. The zero-order valence-electron chi connectivity index (χ0n) is 32.6. The van der Waals surface area contributed by atoms with Gasteiger partial charge in [-0.05, 0) is 72.2 Å². The third-order valence-corrected chi connectivity index (χ3v) is 10.1. The number of halogens is 2. The van der Waals surface area contributed by atoms with E-state index in [4.69, 9.17) is 4.74 Å². The highest BCUT2D eigenvalue weighted by molar-refractivity contribution is 5.58. The normalized spacial score (nSPS) is 10.9. The summed E-state index contributed by atoms with van der Waals surface area (Å²) in [6, 6.07) is 24.6. The van der Waals surface area contributed by atoms with Crippen molar-refractivity contribution >= 4 is 0 Å². The van der Waals surface area contributed by atoms with E-state index >= 15 is 8.78 Å². The van der Waals surface area contributed by atoms with Gasteiger partial charge in [0.05, 0.1) is 11.1 Å². The molecule has 4 aromatic carbocycles. The number of nitrogens with zero attached hydrogens (tertiary/aromatic N) is 6. The van der Waals surface area contributed by atoms with Crippen LogP contribution in [0.25, 0.3) is 22.8 Å². The number of nitriles is 2. The van der Waals surface area contributed by atoms with Gasteiger partial charge in [-0.1, -0.05) is 101 Å². The molecule has 0 aliphatic rings. The zero-order chi connectivity index (χ0) is 40.0. The predicted octanol–water partition coefficient (Wildman–Crippen LogP) is 11.8. The Kier molecular flexibility index (Phi) is 14.2. The number of aromatic nitrogens is 4. The summed E-state index contributed by atoms with van der Waals surface area (Å²) in [4.78, 5) is 18.3. The van der Waals surface area contributed by atoms with Crippen LogP contribution < -0.4 is 4.74 Å². The summed E-state index contributed by atoms with van der Waals surface area (Å²) in [6.07, 6.45) is 19.0. The van der Waals surface area contributed by atoms with Gasteiger partial charge in [-0.2, -0.15) is 10.5 Å². The molecule has 288 valence electrons. The Balaban J connectivity index is 1.20. The molecule has 0 bridgehead atoms. The summed E-state index contributed by atoms with van der Waals surface area (Å²) in [6.45, 7) is 4.39. The topological polar surface area (TPSA) is 108 Å². The third-order valence-electron chi connectivity index (χ3n) is 10.1. The Labute approximate surface area is 334 Å². The van der Waals surface area contributed by atoms with Crippen molar-refractivity contribution in [3.05, 3.63) is 154 Å². The summed E-state index contributed by atoms with van der Waals surface area (Å²) in [5.74, 6) is 0.0483.